The molecule has 0 bridgehead atoms. The first kappa shape index (κ1) is 25.3. The van der Waals surface area contributed by atoms with Gasteiger partial charge in [0.05, 0.1) is 5.56 Å². The van der Waals surface area contributed by atoms with Gasteiger partial charge < -0.3 is 15.3 Å². The number of amides is 1. The summed E-state index contributed by atoms with van der Waals surface area (Å²) in [6.45, 7) is 1.61. The predicted octanol–water partition coefficient (Wildman–Crippen LogP) is 2.10. The van der Waals surface area contributed by atoms with Crippen LogP contribution in [0.3, 0.4) is 0 Å². The van der Waals surface area contributed by atoms with Gasteiger partial charge in [-0.2, -0.15) is 0 Å². The third kappa shape index (κ3) is 5.07. The standard InChI is InChI=1S/C27H30ClN5O4/c1-30-25(35)21(20-7-3-4-8-22(20)28)16-32(27(30)37)17-24(34)31-13-11-19(12-14-31)33-15-10-18-6-2-5-9-23(18)29-26(33)36/h2-9,16,19,26,29,36H,10-15,17H2,1H3. The maximum Gasteiger partial charge on any atom is 0.331 e. The van der Waals surface area contributed by atoms with Crippen molar-refractivity contribution in [2.24, 2.45) is 7.05 Å². The third-order valence-corrected chi connectivity index (χ3v) is 7.69. The average Bonchev–Trinajstić information content (AvgIpc) is 3.07. The Morgan fingerprint density at radius 2 is 1.73 bits per heavy atom. The van der Waals surface area contributed by atoms with Gasteiger partial charge in [-0.05, 0) is 37.0 Å². The highest BCUT2D eigenvalue weighted by molar-refractivity contribution is 6.33. The van der Waals surface area contributed by atoms with Crippen molar-refractivity contribution in [3.63, 3.8) is 0 Å². The van der Waals surface area contributed by atoms with Crippen LogP contribution in [0.1, 0.15) is 18.4 Å². The average molecular weight is 524 g/mol. The monoisotopic (exact) mass is 523 g/mol. The van der Waals surface area contributed by atoms with E-state index < -0.39 is 17.6 Å². The SMILES string of the molecule is Cn1c(=O)c(-c2ccccc2Cl)cn(CC(=O)N2CCC(N3CCc4ccccc4NC3O)CC2)c1=O. The molecule has 1 aromatic heterocycles. The topological polar surface area (TPSA) is 99.8 Å². The lowest BCUT2D eigenvalue weighted by molar-refractivity contribution is -0.134. The fraction of sp³-hybridized carbons (Fsp3) is 0.370. The molecule has 2 N–H and O–H groups in total. The lowest BCUT2D eigenvalue weighted by atomic mass is 10.0. The highest BCUT2D eigenvalue weighted by Crippen LogP contribution is 2.26. The number of benzene rings is 2. The lowest BCUT2D eigenvalue weighted by Crippen LogP contribution is -2.53. The zero-order chi connectivity index (χ0) is 26.1. The number of hydrogen-bond donors (Lipinski definition) is 2. The van der Waals surface area contributed by atoms with Gasteiger partial charge in [0.25, 0.3) is 5.56 Å². The van der Waals surface area contributed by atoms with Crippen molar-refractivity contribution in [2.75, 3.05) is 25.0 Å². The van der Waals surface area contributed by atoms with Crippen LogP contribution in [-0.2, 0) is 24.8 Å². The Hall–Kier alpha value is -3.40. The Morgan fingerprint density at radius 1 is 1.03 bits per heavy atom. The van der Waals surface area contributed by atoms with Gasteiger partial charge >= 0.3 is 5.69 Å². The molecule has 194 valence electrons. The second-order valence-corrected chi connectivity index (χ2v) is 9.98. The number of aliphatic hydroxyl groups excluding tert-OH is 1. The number of likely N-dealkylation sites (tertiary alicyclic amines) is 1. The molecule has 0 radical (unpaired) electrons. The van der Waals surface area contributed by atoms with Gasteiger partial charge in [0.1, 0.15) is 6.54 Å². The van der Waals surface area contributed by atoms with Crippen molar-refractivity contribution in [1.29, 1.82) is 0 Å². The molecule has 0 saturated carbocycles. The van der Waals surface area contributed by atoms with Crippen molar-refractivity contribution in [1.82, 2.24) is 18.9 Å². The molecule has 2 aliphatic rings. The molecule has 9 nitrogen and oxygen atoms in total. The maximum absolute atomic E-state index is 13.2. The van der Waals surface area contributed by atoms with E-state index in [1.807, 2.05) is 18.2 Å². The number of halogens is 1. The first-order chi connectivity index (χ1) is 17.8. The highest BCUT2D eigenvalue weighted by Gasteiger charge is 2.32. The molecule has 5 rings (SSSR count). The predicted molar refractivity (Wildman–Crippen MR) is 142 cm³/mol. The zero-order valence-electron chi connectivity index (χ0n) is 20.6. The van der Waals surface area contributed by atoms with Gasteiger partial charge in [0, 0.05) is 55.2 Å². The van der Waals surface area contributed by atoms with Gasteiger partial charge in [-0.1, -0.05) is 48.0 Å². The molecule has 2 aliphatic heterocycles. The van der Waals surface area contributed by atoms with Gasteiger partial charge in [-0.25, -0.2) is 4.79 Å². The first-order valence-electron chi connectivity index (χ1n) is 12.4. The summed E-state index contributed by atoms with van der Waals surface area (Å²) in [5.74, 6) is -0.189. The van der Waals surface area contributed by atoms with Crippen LogP contribution in [0.25, 0.3) is 11.1 Å². The minimum absolute atomic E-state index is 0.132. The number of fused-ring (bicyclic) bond motifs is 1. The summed E-state index contributed by atoms with van der Waals surface area (Å²) in [6, 6.07) is 15.0. The van der Waals surface area contributed by atoms with E-state index in [9.17, 15) is 19.5 Å². The van der Waals surface area contributed by atoms with E-state index in [1.165, 1.54) is 23.4 Å². The van der Waals surface area contributed by atoms with Crippen LogP contribution in [0, 0.1) is 0 Å². The minimum atomic E-state index is -0.789. The van der Waals surface area contributed by atoms with E-state index in [0.29, 0.717) is 36.5 Å². The van der Waals surface area contributed by atoms with Crippen LogP contribution < -0.4 is 16.6 Å². The molecule has 37 heavy (non-hydrogen) atoms. The number of nitrogens with zero attached hydrogens (tertiary/aromatic N) is 4. The van der Waals surface area contributed by atoms with Crippen molar-refractivity contribution in [2.45, 2.75) is 38.2 Å². The Balaban J connectivity index is 1.26. The summed E-state index contributed by atoms with van der Waals surface area (Å²) in [4.78, 5) is 42.5. The van der Waals surface area contributed by atoms with Gasteiger partial charge in [0.2, 0.25) is 5.91 Å². The second kappa shape index (κ2) is 10.5. The van der Waals surface area contributed by atoms with Crippen molar-refractivity contribution in [3.05, 3.63) is 86.2 Å². The molecule has 1 atom stereocenters. The van der Waals surface area contributed by atoms with Crippen LogP contribution in [-0.4, -0.2) is 62.0 Å². The Kier molecular flexibility index (Phi) is 7.19. The fourth-order valence-electron chi connectivity index (χ4n) is 5.25. The van der Waals surface area contributed by atoms with Crippen LogP contribution in [0.15, 0.2) is 64.3 Å². The number of para-hydroxylation sites is 1. The number of hydrogen-bond acceptors (Lipinski definition) is 6. The molecule has 3 aromatic rings. The number of aromatic nitrogens is 2. The number of carbonyl (C=O) groups excluding carboxylic acids is 1. The summed E-state index contributed by atoms with van der Waals surface area (Å²) >= 11 is 6.29. The molecule has 0 spiro atoms. The van der Waals surface area contributed by atoms with E-state index in [-0.39, 0.29) is 24.1 Å². The molecule has 10 heteroatoms. The number of carbonyl (C=O) groups is 1. The summed E-state index contributed by atoms with van der Waals surface area (Å²) in [5.41, 5.74) is 1.89. The van der Waals surface area contributed by atoms with Gasteiger partial charge in [0.15, 0.2) is 6.35 Å². The van der Waals surface area contributed by atoms with E-state index in [0.717, 1.165) is 23.2 Å². The number of anilines is 1. The number of aliphatic hydroxyl groups is 1. The molecule has 0 aliphatic carbocycles. The van der Waals surface area contributed by atoms with E-state index in [4.69, 9.17) is 11.6 Å². The molecule has 1 saturated heterocycles. The van der Waals surface area contributed by atoms with Crippen LogP contribution in [0.2, 0.25) is 5.02 Å². The summed E-state index contributed by atoms with van der Waals surface area (Å²) < 4.78 is 2.28. The quantitative estimate of drug-likeness (QED) is 0.543. The number of nitrogens with one attached hydrogen (secondary N) is 1. The van der Waals surface area contributed by atoms with E-state index >= 15 is 0 Å². The summed E-state index contributed by atoms with van der Waals surface area (Å²) in [6.07, 6.45) is 2.90. The van der Waals surface area contributed by atoms with Gasteiger partial charge in [-0.3, -0.25) is 23.6 Å². The lowest BCUT2D eigenvalue weighted by Gasteiger charge is -2.40. The smallest absolute Gasteiger partial charge is 0.331 e. The molecule has 2 aromatic carbocycles. The van der Waals surface area contributed by atoms with Crippen molar-refractivity contribution >= 4 is 23.2 Å². The van der Waals surface area contributed by atoms with Crippen molar-refractivity contribution in [3.8, 4) is 11.1 Å². The second-order valence-electron chi connectivity index (χ2n) is 9.57. The molecular weight excluding hydrogens is 494 g/mol. The van der Waals surface area contributed by atoms with Crippen LogP contribution in [0.4, 0.5) is 5.69 Å². The molecule has 3 heterocycles. The fourth-order valence-corrected chi connectivity index (χ4v) is 5.49. The molecule has 1 fully saturated rings. The third-order valence-electron chi connectivity index (χ3n) is 7.36. The number of rotatable bonds is 4. The molecule has 1 amide bonds. The van der Waals surface area contributed by atoms with Crippen LogP contribution in [0.5, 0.6) is 0 Å². The summed E-state index contributed by atoms with van der Waals surface area (Å²) in [5, 5.41) is 14.4. The van der Waals surface area contributed by atoms with E-state index in [1.54, 1.807) is 29.2 Å². The normalized spacial score (nSPS) is 18.7. The van der Waals surface area contributed by atoms with Crippen LogP contribution >= 0.6 is 11.6 Å². The number of piperidine rings is 1. The van der Waals surface area contributed by atoms with Crippen molar-refractivity contribution < 1.29 is 9.90 Å². The van der Waals surface area contributed by atoms with E-state index in [2.05, 4.69) is 16.3 Å². The largest absolute Gasteiger partial charge is 0.361 e. The highest BCUT2D eigenvalue weighted by atomic mass is 35.5. The first-order valence-corrected chi connectivity index (χ1v) is 12.8. The minimum Gasteiger partial charge on any atom is -0.361 e. The molecule has 1 unspecified atom stereocenters. The zero-order valence-corrected chi connectivity index (χ0v) is 21.4. The Bertz CT molecular complexity index is 1430. The Morgan fingerprint density at radius 3 is 2.49 bits per heavy atom. The van der Waals surface area contributed by atoms with Gasteiger partial charge in [-0.15, -0.1) is 0 Å². The Labute approximate surface area is 219 Å². The summed E-state index contributed by atoms with van der Waals surface area (Å²) in [7, 11) is 1.40. The maximum atomic E-state index is 13.2. The molecular formula is C27H30ClN5O4.